The van der Waals surface area contributed by atoms with E-state index in [0.717, 1.165) is 23.3 Å². The van der Waals surface area contributed by atoms with Crippen molar-refractivity contribution in [2.75, 3.05) is 11.9 Å². The molecule has 4 atom stereocenters. The quantitative estimate of drug-likeness (QED) is 0.811. The molecule has 2 aliphatic carbocycles. The molecule has 0 saturated heterocycles. The summed E-state index contributed by atoms with van der Waals surface area (Å²) in [6, 6.07) is 0. The van der Waals surface area contributed by atoms with Crippen LogP contribution < -0.4 is 5.32 Å². The molecule has 2 heterocycles. The van der Waals surface area contributed by atoms with E-state index in [4.69, 9.17) is 9.47 Å². The van der Waals surface area contributed by atoms with Crippen molar-refractivity contribution in [2.45, 2.75) is 59.2 Å². The summed E-state index contributed by atoms with van der Waals surface area (Å²) < 4.78 is 10.9. The van der Waals surface area contributed by atoms with Crippen LogP contribution in [0.15, 0.2) is 0 Å². The number of carbonyl (C=O) groups excluding carboxylic acids is 2. The Morgan fingerprint density at radius 2 is 2.20 bits per heavy atom. The van der Waals surface area contributed by atoms with Crippen LogP contribution in [-0.2, 0) is 20.9 Å². The van der Waals surface area contributed by atoms with Crippen LogP contribution in [0.2, 0.25) is 0 Å². The fourth-order valence-corrected chi connectivity index (χ4v) is 6.13. The normalized spacial score (nSPS) is 32.7. The molecule has 2 bridgehead atoms. The van der Waals surface area contributed by atoms with Crippen molar-refractivity contribution >= 4 is 28.2 Å². The van der Waals surface area contributed by atoms with Gasteiger partial charge in [0.15, 0.2) is 0 Å². The van der Waals surface area contributed by atoms with Crippen LogP contribution >= 0.6 is 11.3 Å². The molecule has 1 N–H and O–H groups in total. The Hall–Kier alpha value is -1.40. The topological polar surface area (TPSA) is 64.6 Å². The molecule has 0 aromatic carbocycles. The molecule has 4 rings (SSSR count). The summed E-state index contributed by atoms with van der Waals surface area (Å²) >= 11 is 1.45. The summed E-state index contributed by atoms with van der Waals surface area (Å²) in [5, 5.41) is 3.72. The van der Waals surface area contributed by atoms with Crippen molar-refractivity contribution in [3.05, 3.63) is 16.0 Å². The maximum Gasteiger partial charge on any atom is 0.341 e. The fraction of sp³-hybridized carbons (Fsp3) is 0.684. The van der Waals surface area contributed by atoms with Gasteiger partial charge in [-0.2, -0.15) is 0 Å². The Morgan fingerprint density at radius 1 is 1.40 bits per heavy atom. The highest BCUT2D eigenvalue weighted by molar-refractivity contribution is 7.17. The number of hydrogen-bond acceptors (Lipinski definition) is 5. The van der Waals surface area contributed by atoms with Crippen LogP contribution in [0.25, 0.3) is 0 Å². The van der Waals surface area contributed by atoms with Crippen molar-refractivity contribution in [1.82, 2.24) is 0 Å². The molecule has 2 saturated carbocycles. The number of nitrogens with one attached hydrogen (secondary N) is 1. The smallest absolute Gasteiger partial charge is 0.341 e. The summed E-state index contributed by atoms with van der Waals surface area (Å²) in [5.41, 5.74) is 1.06. The number of thiophene rings is 1. The molecular weight excluding hydrogens is 338 g/mol. The molecule has 1 aliphatic heterocycles. The number of carbonyl (C=O) groups is 2. The Bertz CT molecular complexity index is 727. The van der Waals surface area contributed by atoms with Crippen LogP contribution in [0.4, 0.5) is 5.00 Å². The van der Waals surface area contributed by atoms with Crippen molar-refractivity contribution in [2.24, 2.45) is 17.3 Å². The zero-order chi connectivity index (χ0) is 17.8. The molecule has 136 valence electrons. The molecule has 3 aliphatic rings. The van der Waals surface area contributed by atoms with Gasteiger partial charge in [0.2, 0.25) is 5.91 Å². The molecule has 6 heteroatoms. The van der Waals surface area contributed by atoms with E-state index >= 15 is 0 Å². The minimum absolute atomic E-state index is 0.0544. The second-order valence-corrected chi connectivity index (χ2v) is 8.87. The first kappa shape index (κ1) is 17.0. The third-order valence-electron chi connectivity index (χ3n) is 6.27. The lowest BCUT2D eigenvalue weighted by Crippen LogP contribution is -2.38. The average molecular weight is 363 g/mol. The molecule has 1 amide bonds. The number of amides is 1. The highest BCUT2D eigenvalue weighted by atomic mass is 32.1. The molecule has 0 radical (unpaired) electrons. The monoisotopic (exact) mass is 363 g/mol. The lowest BCUT2D eigenvalue weighted by molar-refractivity contribution is -0.127. The van der Waals surface area contributed by atoms with Gasteiger partial charge in [0.25, 0.3) is 0 Å². The molecule has 1 aromatic heterocycles. The first-order chi connectivity index (χ1) is 11.9. The maximum absolute atomic E-state index is 13.1. The van der Waals surface area contributed by atoms with Gasteiger partial charge >= 0.3 is 5.97 Å². The number of anilines is 1. The highest BCUT2D eigenvalue weighted by Crippen LogP contribution is 2.56. The third kappa shape index (κ3) is 2.61. The molecule has 1 aromatic rings. The Labute approximate surface area is 152 Å². The molecule has 5 nitrogen and oxygen atoms in total. The van der Waals surface area contributed by atoms with Gasteiger partial charge in [-0.3, -0.25) is 4.79 Å². The molecule has 1 unspecified atom stereocenters. The predicted octanol–water partition coefficient (Wildman–Crippen LogP) is 4.28. The van der Waals surface area contributed by atoms with Crippen molar-refractivity contribution in [3.8, 4) is 0 Å². The van der Waals surface area contributed by atoms with Gasteiger partial charge in [0.05, 0.1) is 19.3 Å². The Balaban J connectivity index is 1.63. The van der Waals surface area contributed by atoms with Gasteiger partial charge in [-0.15, -0.1) is 11.3 Å². The van der Waals surface area contributed by atoms with Crippen LogP contribution in [0, 0.1) is 17.3 Å². The van der Waals surface area contributed by atoms with E-state index in [1.54, 1.807) is 6.92 Å². The number of esters is 1. The summed E-state index contributed by atoms with van der Waals surface area (Å²) in [7, 11) is 0. The maximum atomic E-state index is 13.1. The van der Waals surface area contributed by atoms with E-state index in [1.165, 1.54) is 24.2 Å². The van der Waals surface area contributed by atoms with E-state index in [0.29, 0.717) is 35.6 Å². The number of hydrogen-bond donors (Lipinski definition) is 1. The van der Waals surface area contributed by atoms with Gasteiger partial charge in [0, 0.05) is 15.9 Å². The first-order valence-corrected chi connectivity index (χ1v) is 10.0. The summed E-state index contributed by atoms with van der Waals surface area (Å²) in [6.45, 7) is 6.62. The molecular formula is C19H25NO4S. The van der Waals surface area contributed by atoms with Crippen LogP contribution in [0.3, 0.4) is 0 Å². The summed E-state index contributed by atoms with van der Waals surface area (Å²) in [5.74, 6) is 0.842. The number of rotatable bonds is 4. The van der Waals surface area contributed by atoms with Crippen LogP contribution in [-0.4, -0.2) is 18.5 Å². The van der Waals surface area contributed by atoms with Gasteiger partial charge < -0.3 is 14.8 Å². The van der Waals surface area contributed by atoms with Crippen LogP contribution in [0.1, 0.15) is 73.4 Å². The van der Waals surface area contributed by atoms with Crippen molar-refractivity contribution in [3.63, 3.8) is 0 Å². The predicted molar refractivity (Wildman–Crippen MR) is 95.7 cm³/mol. The minimum Gasteiger partial charge on any atom is -0.462 e. The number of fused-ring (bicyclic) bond motifs is 3. The third-order valence-corrected chi connectivity index (χ3v) is 7.37. The lowest BCUT2D eigenvalue weighted by atomic mass is 9.74. The lowest BCUT2D eigenvalue weighted by Gasteiger charge is -2.32. The van der Waals surface area contributed by atoms with Gasteiger partial charge in [0.1, 0.15) is 10.6 Å². The van der Waals surface area contributed by atoms with E-state index in [1.807, 2.05) is 6.92 Å². The average Bonchev–Trinajstić information content (AvgIpc) is 3.30. The second kappa shape index (κ2) is 6.09. The fourth-order valence-electron chi connectivity index (χ4n) is 4.94. The minimum atomic E-state index is -0.370. The van der Waals surface area contributed by atoms with Crippen molar-refractivity contribution < 1.29 is 19.1 Å². The van der Waals surface area contributed by atoms with E-state index in [2.05, 4.69) is 12.2 Å². The second-order valence-electron chi connectivity index (χ2n) is 7.77. The summed E-state index contributed by atoms with van der Waals surface area (Å²) in [6.07, 6.45) is 4.38. The number of ether oxygens (including phenoxy) is 2. The van der Waals surface area contributed by atoms with Crippen molar-refractivity contribution in [1.29, 1.82) is 0 Å². The molecule has 25 heavy (non-hydrogen) atoms. The SMILES string of the molecule is CCOC(=O)c1c(NC(=O)[C@]2(C)C[C@@H]3CC[C@H]2C3)sc2c1C(C)OC2. The Kier molecular flexibility index (Phi) is 4.15. The van der Waals surface area contributed by atoms with E-state index < -0.39 is 0 Å². The van der Waals surface area contributed by atoms with Gasteiger partial charge in [-0.05, 0) is 44.9 Å². The van der Waals surface area contributed by atoms with Crippen LogP contribution in [0.5, 0.6) is 0 Å². The highest BCUT2D eigenvalue weighted by Gasteiger charge is 2.52. The van der Waals surface area contributed by atoms with Gasteiger partial charge in [-0.25, -0.2) is 4.79 Å². The van der Waals surface area contributed by atoms with E-state index in [9.17, 15) is 9.59 Å². The van der Waals surface area contributed by atoms with E-state index in [-0.39, 0.29) is 23.4 Å². The van der Waals surface area contributed by atoms with Gasteiger partial charge in [-0.1, -0.05) is 13.3 Å². The Morgan fingerprint density at radius 3 is 2.84 bits per heavy atom. The zero-order valence-electron chi connectivity index (χ0n) is 15.0. The molecule has 0 spiro atoms. The zero-order valence-corrected chi connectivity index (χ0v) is 15.8. The first-order valence-electron chi connectivity index (χ1n) is 9.19. The largest absolute Gasteiger partial charge is 0.462 e. The summed E-state index contributed by atoms with van der Waals surface area (Å²) in [4.78, 5) is 26.6. The standard InChI is InChI=1S/C19H25NO4S/c1-4-23-17(21)15-14-10(2)24-9-13(14)25-16(15)20-18(22)19(3)8-11-5-6-12(19)7-11/h10-12H,4-9H2,1-3H3,(H,20,22)/t10?,11-,12+,19-/m1/s1. The molecule has 2 fully saturated rings.